The van der Waals surface area contributed by atoms with Gasteiger partial charge in [-0.1, -0.05) is 13.8 Å². The fourth-order valence-electron chi connectivity index (χ4n) is 0.710. The van der Waals surface area contributed by atoms with Gasteiger partial charge in [0.05, 0.1) is 0 Å². The molecule has 1 aromatic heterocycles. The van der Waals surface area contributed by atoms with Crippen LogP contribution in [-0.4, -0.2) is 10.9 Å². The molecule has 4 heteroatoms. The van der Waals surface area contributed by atoms with E-state index in [0.29, 0.717) is 0 Å². The van der Waals surface area contributed by atoms with Crippen molar-refractivity contribution in [3.63, 3.8) is 0 Å². The number of H-pyrrole nitrogens is 1. The van der Waals surface area contributed by atoms with E-state index in [0.717, 1.165) is 0 Å². The van der Waals surface area contributed by atoms with Crippen LogP contribution >= 0.6 is 0 Å². The molecule has 1 amide bonds. The lowest BCUT2D eigenvalue weighted by Crippen LogP contribution is -2.16. The Kier molecular flexibility index (Phi) is 5.27. The van der Waals surface area contributed by atoms with Crippen LogP contribution in [-0.2, 0) is 4.79 Å². The number of pyridine rings is 1. The highest BCUT2D eigenvalue weighted by Gasteiger charge is 1.97. The monoisotopic (exact) mass is 182 g/mol. The van der Waals surface area contributed by atoms with Crippen molar-refractivity contribution in [2.75, 3.05) is 5.32 Å². The largest absolute Gasteiger partial charge is 0.327 e. The molecule has 2 N–H and O–H groups in total. The third-order valence-corrected chi connectivity index (χ3v) is 1.13. The van der Waals surface area contributed by atoms with Crippen molar-refractivity contribution in [3.05, 3.63) is 28.7 Å². The summed E-state index contributed by atoms with van der Waals surface area (Å²) in [7, 11) is 0. The van der Waals surface area contributed by atoms with Crippen molar-refractivity contribution in [3.8, 4) is 0 Å². The molecule has 1 aromatic rings. The Morgan fingerprint density at radius 3 is 2.54 bits per heavy atom. The topological polar surface area (TPSA) is 62.0 Å². The first-order valence-corrected chi connectivity index (χ1v) is 4.15. The van der Waals surface area contributed by atoms with Crippen LogP contribution in [0.5, 0.6) is 0 Å². The summed E-state index contributed by atoms with van der Waals surface area (Å²) in [6.07, 6.45) is 1.51. The van der Waals surface area contributed by atoms with Crippen LogP contribution in [0.2, 0.25) is 0 Å². The second-order valence-electron chi connectivity index (χ2n) is 2.09. The molecule has 0 unspecified atom stereocenters. The molecule has 0 radical (unpaired) electrons. The first-order chi connectivity index (χ1) is 6.20. The molecule has 72 valence electrons. The van der Waals surface area contributed by atoms with Gasteiger partial charge in [-0.3, -0.25) is 9.59 Å². The van der Waals surface area contributed by atoms with Gasteiger partial charge in [-0.2, -0.15) is 0 Å². The number of hydrogen-bond acceptors (Lipinski definition) is 2. The summed E-state index contributed by atoms with van der Waals surface area (Å²) < 4.78 is 0. The fraction of sp³-hybridized carbons (Fsp3) is 0.333. The van der Waals surface area contributed by atoms with Gasteiger partial charge in [-0.25, -0.2) is 0 Å². The third kappa shape index (κ3) is 4.10. The predicted octanol–water partition coefficient (Wildman–Crippen LogP) is 1.36. The van der Waals surface area contributed by atoms with Gasteiger partial charge in [0.15, 0.2) is 0 Å². The minimum absolute atomic E-state index is 0.248. The van der Waals surface area contributed by atoms with Gasteiger partial charge in [0.1, 0.15) is 5.69 Å². The highest BCUT2D eigenvalue weighted by Crippen LogP contribution is 1.94. The number of carbonyl (C=O) groups excluding carboxylic acids is 1. The SMILES string of the molecule is CC.CC(=O)Nc1ccc[nH]c1=O. The number of amides is 1. The average Bonchev–Trinajstić information content (AvgIpc) is 2.12. The van der Waals surface area contributed by atoms with Crippen molar-refractivity contribution in [1.29, 1.82) is 0 Å². The number of aromatic amines is 1. The summed E-state index contributed by atoms with van der Waals surface area (Å²) in [5.41, 5.74) is -0.0114. The normalized spacial score (nSPS) is 8.23. The maximum atomic E-state index is 10.9. The Morgan fingerprint density at radius 2 is 2.08 bits per heavy atom. The van der Waals surface area contributed by atoms with Gasteiger partial charge in [-0.15, -0.1) is 0 Å². The maximum absolute atomic E-state index is 10.9. The summed E-state index contributed by atoms with van der Waals surface area (Å²) in [4.78, 5) is 23.8. The smallest absolute Gasteiger partial charge is 0.271 e. The van der Waals surface area contributed by atoms with Crippen LogP contribution in [0.4, 0.5) is 5.69 Å². The number of rotatable bonds is 1. The number of anilines is 1. The molecule has 4 nitrogen and oxygen atoms in total. The van der Waals surface area contributed by atoms with E-state index in [9.17, 15) is 9.59 Å². The minimum Gasteiger partial charge on any atom is -0.327 e. The van der Waals surface area contributed by atoms with Gasteiger partial charge < -0.3 is 10.3 Å². The van der Waals surface area contributed by atoms with Crippen LogP contribution < -0.4 is 10.9 Å². The molecule has 0 aliphatic carbocycles. The van der Waals surface area contributed by atoms with Crippen LogP contribution in [0.15, 0.2) is 23.1 Å². The van der Waals surface area contributed by atoms with Gasteiger partial charge in [-0.05, 0) is 12.1 Å². The molecule has 0 aliphatic heterocycles. The Morgan fingerprint density at radius 1 is 1.46 bits per heavy atom. The molecule has 0 fully saturated rings. The zero-order chi connectivity index (χ0) is 10.3. The number of hydrogen-bond donors (Lipinski definition) is 2. The van der Waals surface area contributed by atoms with Crippen molar-refractivity contribution in [2.45, 2.75) is 20.8 Å². The highest BCUT2D eigenvalue weighted by molar-refractivity contribution is 5.88. The van der Waals surface area contributed by atoms with E-state index in [2.05, 4.69) is 10.3 Å². The van der Waals surface area contributed by atoms with Gasteiger partial charge in [0.25, 0.3) is 5.56 Å². The van der Waals surface area contributed by atoms with E-state index in [4.69, 9.17) is 0 Å². The number of nitrogens with one attached hydrogen (secondary N) is 2. The van der Waals surface area contributed by atoms with Crippen LogP contribution in [0.25, 0.3) is 0 Å². The molecule has 0 spiro atoms. The number of carbonyl (C=O) groups is 1. The predicted molar refractivity (Wildman–Crippen MR) is 52.7 cm³/mol. The zero-order valence-electron chi connectivity index (χ0n) is 8.05. The first kappa shape index (κ1) is 11.4. The fourth-order valence-corrected chi connectivity index (χ4v) is 0.710. The lowest BCUT2D eigenvalue weighted by atomic mass is 10.4. The lowest BCUT2D eigenvalue weighted by Gasteiger charge is -1.97. The molecule has 13 heavy (non-hydrogen) atoms. The third-order valence-electron chi connectivity index (χ3n) is 1.13. The van der Waals surface area contributed by atoms with Crippen LogP contribution in [0.3, 0.4) is 0 Å². The molecule has 1 rings (SSSR count). The second kappa shape index (κ2) is 5.99. The number of aromatic nitrogens is 1. The molecule has 0 aromatic carbocycles. The van der Waals surface area contributed by atoms with Crippen molar-refractivity contribution in [1.82, 2.24) is 4.98 Å². The van der Waals surface area contributed by atoms with E-state index in [-0.39, 0.29) is 17.2 Å². The van der Waals surface area contributed by atoms with Crippen molar-refractivity contribution in [2.24, 2.45) is 0 Å². The Hall–Kier alpha value is -1.58. The average molecular weight is 182 g/mol. The quantitative estimate of drug-likeness (QED) is 0.688. The molecule has 0 aliphatic rings. The maximum Gasteiger partial charge on any atom is 0.271 e. The molecule has 0 saturated carbocycles. The van der Waals surface area contributed by atoms with Crippen LogP contribution in [0, 0.1) is 0 Å². The van der Waals surface area contributed by atoms with Gasteiger partial charge in [0.2, 0.25) is 5.91 Å². The first-order valence-electron chi connectivity index (χ1n) is 4.15. The molecule has 1 heterocycles. The van der Waals surface area contributed by atoms with E-state index < -0.39 is 0 Å². The summed E-state index contributed by atoms with van der Waals surface area (Å²) in [5.74, 6) is -0.248. The second-order valence-corrected chi connectivity index (χ2v) is 2.09. The van der Waals surface area contributed by atoms with E-state index in [1.54, 1.807) is 12.1 Å². The van der Waals surface area contributed by atoms with E-state index in [1.165, 1.54) is 13.1 Å². The summed E-state index contributed by atoms with van der Waals surface area (Å²) in [5, 5.41) is 2.39. The van der Waals surface area contributed by atoms with Gasteiger partial charge >= 0.3 is 0 Å². The minimum atomic E-state index is -0.289. The summed E-state index contributed by atoms with van der Waals surface area (Å²) in [6.45, 7) is 5.35. The van der Waals surface area contributed by atoms with E-state index >= 15 is 0 Å². The molecule has 0 bridgehead atoms. The molecule has 0 atom stereocenters. The Bertz CT molecular complexity index is 317. The van der Waals surface area contributed by atoms with Crippen molar-refractivity contribution >= 4 is 11.6 Å². The molecular formula is C9H14N2O2. The van der Waals surface area contributed by atoms with Crippen LogP contribution in [0.1, 0.15) is 20.8 Å². The summed E-state index contributed by atoms with van der Waals surface area (Å²) in [6, 6.07) is 3.19. The molecule has 0 saturated heterocycles. The van der Waals surface area contributed by atoms with Crippen molar-refractivity contribution < 1.29 is 4.79 Å². The standard InChI is InChI=1S/C7H8N2O2.C2H6/c1-5(10)9-6-3-2-4-8-7(6)11;1-2/h2-4H,1H3,(H,8,11)(H,9,10);1-2H3. The molecular weight excluding hydrogens is 168 g/mol. The zero-order valence-corrected chi connectivity index (χ0v) is 8.05. The van der Waals surface area contributed by atoms with E-state index in [1.807, 2.05) is 13.8 Å². The Labute approximate surface area is 77.0 Å². The lowest BCUT2D eigenvalue weighted by molar-refractivity contribution is -0.114. The Balaban J connectivity index is 0.000000671. The summed E-state index contributed by atoms with van der Waals surface area (Å²) >= 11 is 0. The highest BCUT2D eigenvalue weighted by atomic mass is 16.2. The van der Waals surface area contributed by atoms with Gasteiger partial charge in [0, 0.05) is 13.1 Å².